The molecule has 0 atom stereocenters. The zero-order valence-electron chi connectivity index (χ0n) is 14.4. The first-order valence-electron chi connectivity index (χ1n) is 8.78. The highest BCUT2D eigenvalue weighted by Gasteiger charge is 2.18. The van der Waals surface area contributed by atoms with Crippen molar-refractivity contribution in [1.29, 1.82) is 0 Å². The summed E-state index contributed by atoms with van der Waals surface area (Å²) in [5.74, 6) is -0.573. The minimum atomic E-state index is -0.922. The van der Waals surface area contributed by atoms with Crippen LogP contribution in [-0.2, 0) is 11.3 Å². The minimum Gasteiger partial charge on any atom is -0.478 e. The molecular weight excluding hydrogens is 328 g/mol. The lowest BCUT2D eigenvalue weighted by Crippen LogP contribution is -2.33. The van der Waals surface area contributed by atoms with Crippen LogP contribution < -0.4 is 0 Å². The van der Waals surface area contributed by atoms with Crippen LogP contribution in [0.15, 0.2) is 54.7 Å². The van der Waals surface area contributed by atoms with Crippen molar-refractivity contribution in [3.8, 4) is 5.69 Å². The normalized spacial score (nSPS) is 15.5. The van der Waals surface area contributed by atoms with Crippen LogP contribution >= 0.6 is 0 Å². The molecule has 2 aromatic carbocycles. The van der Waals surface area contributed by atoms with E-state index in [1.165, 1.54) is 10.9 Å². The SMILES string of the molecule is O=C1CCN(Cc2cn(-c3ccc(C(=O)O)cc3)c3ccccc23)CC1. The molecule has 1 fully saturated rings. The molecule has 1 saturated heterocycles. The summed E-state index contributed by atoms with van der Waals surface area (Å²) >= 11 is 0. The van der Waals surface area contributed by atoms with Gasteiger partial charge in [0, 0.05) is 49.7 Å². The van der Waals surface area contributed by atoms with Gasteiger partial charge in [-0.3, -0.25) is 9.69 Å². The van der Waals surface area contributed by atoms with Crippen LogP contribution in [0, 0.1) is 0 Å². The summed E-state index contributed by atoms with van der Waals surface area (Å²) in [4.78, 5) is 24.9. The fraction of sp³-hybridized carbons (Fsp3) is 0.238. The molecule has 5 nitrogen and oxygen atoms in total. The number of benzene rings is 2. The number of likely N-dealkylation sites (tertiary alicyclic amines) is 1. The summed E-state index contributed by atoms with van der Waals surface area (Å²) in [5, 5.41) is 10.3. The van der Waals surface area contributed by atoms with Crippen molar-refractivity contribution >= 4 is 22.7 Å². The van der Waals surface area contributed by atoms with Gasteiger partial charge in [-0.1, -0.05) is 18.2 Å². The van der Waals surface area contributed by atoms with Crippen LogP contribution in [0.5, 0.6) is 0 Å². The van der Waals surface area contributed by atoms with Gasteiger partial charge in [-0.2, -0.15) is 0 Å². The van der Waals surface area contributed by atoms with Gasteiger partial charge in [0.1, 0.15) is 5.78 Å². The number of aromatic nitrogens is 1. The van der Waals surface area contributed by atoms with Gasteiger partial charge in [0.25, 0.3) is 0 Å². The summed E-state index contributed by atoms with van der Waals surface area (Å²) in [7, 11) is 0. The average molecular weight is 348 g/mol. The van der Waals surface area contributed by atoms with Crippen LogP contribution in [0.1, 0.15) is 28.8 Å². The number of ketones is 1. The number of rotatable bonds is 4. The Kier molecular flexibility index (Phi) is 4.31. The standard InChI is InChI=1S/C21H20N2O3/c24-18-9-11-22(12-10-18)13-16-14-23(20-4-2-1-3-19(16)20)17-7-5-15(6-8-17)21(25)26/h1-8,14H,9-13H2,(H,25,26). The molecule has 1 aliphatic rings. The fourth-order valence-electron chi connectivity index (χ4n) is 3.56. The van der Waals surface area contributed by atoms with E-state index in [4.69, 9.17) is 5.11 Å². The number of fused-ring (bicyclic) bond motifs is 1. The number of carboxylic acids is 1. The quantitative estimate of drug-likeness (QED) is 0.784. The van der Waals surface area contributed by atoms with Gasteiger partial charge >= 0.3 is 5.97 Å². The minimum absolute atomic E-state index is 0.281. The molecule has 0 bridgehead atoms. The van der Waals surface area contributed by atoms with Crippen LogP contribution in [0.4, 0.5) is 0 Å². The molecule has 1 N–H and O–H groups in total. The van der Waals surface area contributed by atoms with E-state index in [0.717, 1.165) is 30.8 Å². The molecule has 1 aliphatic heterocycles. The Morgan fingerprint density at radius 1 is 1.00 bits per heavy atom. The molecule has 0 aliphatic carbocycles. The molecule has 0 amide bonds. The van der Waals surface area contributed by atoms with Gasteiger partial charge < -0.3 is 9.67 Å². The molecule has 132 valence electrons. The van der Waals surface area contributed by atoms with Gasteiger partial charge in [0.05, 0.1) is 11.1 Å². The molecule has 3 aromatic rings. The van der Waals surface area contributed by atoms with Gasteiger partial charge in [-0.05, 0) is 35.9 Å². The first kappa shape index (κ1) is 16.5. The summed E-state index contributed by atoms with van der Waals surface area (Å²) in [6.45, 7) is 2.44. The first-order chi connectivity index (χ1) is 12.6. The Morgan fingerprint density at radius 2 is 1.69 bits per heavy atom. The average Bonchev–Trinajstić information content (AvgIpc) is 3.02. The maximum Gasteiger partial charge on any atom is 0.335 e. The second kappa shape index (κ2) is 6.77. The van der Waals surface area contributed by atoms with E-state index in [9.17, 15) is 9.59 Å². The molecule has 0 unspecified atom stereocenters. The van der Waals surface area contributed by atoms with E-state index in [-0.39, 0.29) is 5.56 Å². The number of aromatic carboxylic acids is 1. The van der Waals surface area contributed by atoms with E-state index in [1.807, 2.05) is 24.3 Å². The summed E-state index contributed by atoms with van der Waals surface area (Å²) in [6.07, 6.45) is 3.39. The van der Waals surface area contributed by atoms with E-state index in [0.29, 0.717) is 18.6 Å². The van der Waals surface area contributed by atoms with Crippen molar-refractivity contribution in [3.63, 3.8) is 0 Å². The zero-order valence-corrected chi connectivity index (χ0v) is 14.4. The second-order valence-corrected chi connectivity index (χ2v) is 6.71. The van der Waals surface area contributed by atoms with Gasteiger partial charge in [-0.15, -0.1) is 0 Å². The van der Waals surface area contributed by atoms with Crippen LogP contribution in [0.2, 0.25) is 0 Å². The Hall–Kier alpha value is -2.92. The number of para-hydroxylation sites is 1. The maximum atomic E-state index is 11.5. The predicted octanol–water partition coefficient (Wildman–Crippen LogP) is 3.49. The number of hydrogen-bond donors (Lipinski definition) is 1. The predicted molar refractivity (Wildman–Crippen MR) is 99.8 cm³/mol. The van der Waals surface area contributed by atoms with Crippen LogP contribution in [0.25, 0.3) is 16.6 Å². The lowest BCUT2D eigenvalue weighted by molar-refractivity contribution is -0.121. The molecule has 4 rings (SSSR count). The Morgan fingerprint density at radius 3 is 2.38 bits per heavy atom. The van der Waals surface area contributed by atoms with E-state index in [1.54, 1.807) is 12.1 Å². The number of carboxylic acid groups (broad SMARTS) is 1. The molecule has 0 radical (unpaired) electrons. The Bertz CT molecular complexity index is 963. The van der Waals surface area contributed by atoms with Crippen molar-refractivity contribution in [2.75, 3.05) is 13.1 Å². The molecule has 2 heterocycles. The highest BCUT2D eigenvalue weighted by Crippen LogP contribution is 2.26. The lowest BCUT2D eigenvalue weighted by Gasteiger charge is -2.25. The van der Waals surface area contributed by atoms with Crippen LogP contribution in [-0.4, -0.2) is 39.4 Å². The monoisotopic (exact) mass is 348 g/mol. The smallest absolute Gasteiger partial charge is 0.335 e. The number of Topliss-reactive ketones (excluding diaryl/α,β-unsaturated/α-hetero) is 1. The van der Waals surface area contributed by atoms with Gasteiger partial charge in [-0.25, -0.2) is 4.79 Å². The molecule has 0 spiro atoms. The maximum absolute atomic E-state index is 11.5. The number of carbonyl (C=O) groups is 2. The third-order valence-electron chi connectivity index (χ3n) is 4.99. The van der Waals surface area contributed by atoms with E-state index in [2.05, 4.69) is 27.8 Å². The van der Waals surface area contributed by atoms with E-state index >= 15 is 0 Å². The van der Waals surface area contributed by atoms with Crippen molar-refractivity contribution < 1.29 is 14.7 Å². The number of hydrogen-bond acceptors (Lipinski definition) is 3. The Labute approximate surface area is 151 Å². The van der Waals surface area contributed by atoms with Gasteiger partial charge in [0.15, 0.2) is 0 Å². The number of piperidine rings is 1. The molecule has 1 aromatic heterocycles. The molecule has 0 saturated carbocycles. The van der Waals surface area contributed by atoms with Crippen LogP contribution in [0.3, 0.4) is 0 Å². The molecule has 26 heavy (non-hydrogen) atoms. The zero-order chi connectivity index (χ0) is 18.1. The summed E-state index contributed by atoms with van der Waals surface area (Å²) in [5.41, 5.74) is 3.53. The first-order valence-corrected chi connectivity index (χ1v) is 8.78. The van der Waals surface area contributed by atoms with Crippen molar-refractivity contribution in [1.82, 2.24) is 9.47 Å². The number of nitrogens with zero attached hydrogens (tertiary/aromatic N) is 2. The highest BCUT2D eigenvalue weighted by molar-refractivity contribution is 5.88. The Balaban J connectivity index is 1.69. The van der Waals surface area contributed by atoms with Crippen molar-refractivity contribution in [3.05, 3.63) is 65.9 Å². The summed E-state index contributed by atoms with van der Waals surface area (Å²) < 4.78 is 2.10. The fourth-order valence-corrected chi connectivity index (χ4v) is 3.56. The highest BCUT2D eigenvalue weighted by atomic mass is 16.4. The second-order valence-electron chi connectivity index (χ2n) is 6.71. The third-order valence-corrected chi connectivity index (χ3v) is 4.99. The van der Waals surface area contributed by atoms with Crippen molar-refractivity contribution in [2.45, 2.75) is 19.4 Å². The topological polar surface area (TPSA) is 62.5 Å². The third kappa shape index (κ3) is 3.13. The lowest BCUT2D eigenvalue weighted by atomic mass is 10.1. The van der Waals surface area contributed by atoms with Gasteiger partial charge in [0.2, 0.25) is 0 Å². The molecular formula is C21H20N2O3. The largest absolute Gasteiger partial charge is 0.478 e. The van der Waals surface area contributed by atoms with E-state index < -0.39 is 5.97 Å². The number of carbonyl (C=O) groups excluding carboxylic acids is 1. The van der Waals surface area contributed by atoms with Crippen molar-refractivity contribution in [2.24, 2.45) is 0 Å². The molecule has 5 heteroatoms. The summed E-state index contributed by atoms with van der Waals surface area (Å²) in [6, 6.07) is 15.1.